The maximum atomic E-state index is 12.1. The summed E-state index contributed by atoms with van der Waals surface area (Å²) in [7, 11) is 0. The summed E-state index contributed by atoms with van der Waals surface area (Å²) in [6, 6.07) is 9.80. The van der Waals surface area contributed by atoms with E-state index in [1.54, 1.807) is 10.9 Å². The molecule has 1 aliphatic carbocycles. The fraction of sp³-hybridized carbons (Fsp3) is 0.188. The van der Waals surface area contributed by atoms with Crippen molar-refractivity contribution in [3.05, 3.63) is 47.8 Å². The molecule has 5 nitrogen and oxygen atoms in total. The van der Waals surface area contributed by atoms with Gasteiger partial charge in [0.15, 0.2) is 11.4 Å². The Morgan fingerprint density at radius 2 is 1.95 bits per heavy atom. The topological polar surface area (TPSA) is 73.8 Å². The zero-order valence-electron chi connectivity index (χ0n) is 11.4. The molecule has 0 amide bonds. The molecule has 0 radical (unpaired) electrons. The monoisotopic (exact) mass is 278 g/mol. The molecule has 0 atom stereocenters. The molecule has 3 aromatic rings. The predicted molar refractivity (Wildman–Crippen MR) is 80.5 cm³/mol. The molecule has 0 saturated carbocycles. The van der Waals surface area contributed by atoms with Gasteiger partial charge in [-0.3, -0.25) is 4.79 Å². The highest BCUT2D eigenvalue weighted by Gasteiger charge is 2.24. The van der Waals surface area contributed by atoms with Crippen LogP contribution in [0.25, 0.3) is 16.7 Å². The number of carbonyl (C=O) groups excluding carboxylic acids is 1. The van der Waals surface area contributed by atoms with Gasteiger partial charge in [-0.2, -0.15) is 5.10 Å². The first kappa shape index (κ1) is 12.1. The molecule has 0 fully saturated rings. The van der Waals surface area contributed by atoms with Crippen LogP contribution in [0.15, 0.2) is 36.5 Å². The number of rotatable bonds is 1. The number of hydrogen-bond donors (Lipinski definition) is 1. The molecule has 4 rings (SSSR count). The van der Waals surface area contributed by atoms with Gasteiger partial charge < -0.3 is 5.73 Å². The lowest BCUT2D eigenvalue weighted by molar-refractivity contribution is 0.0972. The number of Topliss-reactive ketones (excluding diaryl/α,β-unsaturated/α-hetero) is 1. The summed E-state index contributed by atoms with van der Waals surface area (Å²) in [5, 5.41) is 5.13. The average molecular weight is 278 g/mol. The van der Waals surface area contributed by atoms with Crippen molar-refractivity contribution in [2.24, 2.45) is 0 Å². The quantitative estimate of drug-likeness (QED) is 0.742. The minimum atomic E-state index is 0.0932. The number of nitrogens with zero attached hydrogens (tertiary/aromatic N) is 3. The van der Waals surface area contributed by atoms with Gasteiger partial charge in [-0.1, -0.05) is 18.2 Å². The zero-order chi connectivity index (χ0) is 14.4. The number of ketones is 1. The molecule has 1 aromatic carbocycles. The molecule has 2 aromatic heterocycles. The number of nitrogens with two attached hydrogens (primary N) is 1. The number of hydrogen-bond acceptors (Lipinski definition) is 4. The maximum absolute atomic E-state index is 12.1. The lowest BCUT2D eigenvalue weighted by Gasteiger charge is -2.16. The van der Waals surface area contributed by atoms with Crippen molar-refractivity contribution in [1.29, 1.82) is 0 Å². The lowest BCUT2D eigenvalue weighted by atomic mass is 9.93. The third kappa shape index (κ3) is 1.74. The van der Waals surface area contributed by atoms with Crippen LogP contribution >= 0.6 is 0 Å². The lowest BCUT2D eigenvalue weighted by Crippen LogP contribution is -2.16. The van der Waals surface area contributed by atoms with E-state index in [0.717, 1.165) is 29.6 Å². The molecule has 21 heavy (non-hydrogen) atoms. The van der Waals surface area contributed by atoms with Crippen LogP contribution in [-0.2, 0) is 6.42 Å². The smallest absolute Gasteiger partial charge is 0.166 e. The van der Waals surface area contributed by atoms with Crippen molar-refractivity contribution in [3.8, 4) is 5.69 Å². The third-order valence-electron chi connectivity index (χ3n) is 3.93. The molecule has 0 spiro atoms. The number of para-hydroxylation sites is 1. The molecule has 0 bridgehead atoms. The Hall–Kier alpha value is -2.69. The van der Waals surface area contributed by atoms with Gasteiger partial charge >= 0.3 is 0 Å². The first-order valence-corrected chi connectivity index (χ1v) is 7.00. The second-order valence-electron chi connectivity index (χ2n) is 5.25. The summed E-state index contributed by atoms with van der Waals surface area (Å²) in [5.74, 6) is 0.0932. The van der Waals surface area contributed by atoms with Crippen molar-refractivity contribution in [3.63, 3.8) is 0 Å². The Balaban J connectivity index is 2.02. The van der Waals surface area contributed by atoms with E-state index >= 15 is 0 Å². The van der Waals surface area contributed by atoms with Crippen LogP contribution in [0.4, 0.5) is 5.69 Å². The average Bonchev–Trinajstić information content (AvgIpc) is 2.92. The minimum absolute atomic E-state index is 0.0932. The van der Waals surface area contributed by atoms with Gasteiger partial charge in [0.25, 0.3) is 0 Å². The van der Waals surface area contributed by atoms with Gasteiger partial charge in [0.05, 0.1) is 34.2 Å². The Kier molecular flexibility index (Phi) is 2.54. The van der Waals surface area contributed by atoms with Gasteiger partial charge in [-0.15, -0.1) is 0 Å². The highest BCUT2D eigenvalue weighted by Crippen LogP contribution is 2.31. The maximum Gasteiger partial charge on any atom is 0.166 e. The number of carbonyl (C=O) groups is 1. The minimum Gasteiger partial charge on any atom is -0.397 e. The van der Waals surface area contributed by atoms with E-state index in [2.05, 4.69) is 10.1 Å². The van der Waals surface area contributed by atoms with Crippen molar-refractivity contribution in [2.75, 3.05) is 5.73 Å². The van der Waals surface area contributed by atoms with Crippen LogP contribution in [0.2, 0.25) is 0 Å². The fourth-order valence-corrected chi connectivity index (χ4v) is 2.91. The van der Waals surface area contributed by atoms with Gasteiger partial charge in [0.1, 0.15) is 0 Å². The molecule has 1 aliphatic rings. The van der Waals surface area contributed by atoms with Crippen LogP contribution < -0.4 is 5.73 Å². The van der Waals surface area contributed by atoms with Crippen molar-refractivity contribution < 1.29 is 4.79 Å². The van der Waals surface area contributed by atoms with Crippen LogP contribution in [0, 0.1) is 0 Å². The van der Waals surface area contributed by atoms with E-state index in [1.165, 1.54) is 0 Å². The number of anilines is 1. The number of fused-ring (bicyclic) bond motifs is 2. The Morgan fingerprint density at radius 1 is 1.14 bits per heavy atom. The van der Waals surface area contributed by atoms with Crippen molar-refractivity contribution in [1.82, 2.24) is 14.8 Å². The summed E-state index contributed by atoms with van der Waals surface area (Å²) >= 11 is 0. The first-order chi connectivity index (χ1) is 10.3. The van der Waals surface area contributed by atoms with Crippen LogP contribution in [0.3, 0.4) is 0 Å². The number of nitrogen functional groups attached to an aromatic ring is 1. The van der Waals surface area contributed by atoms with Crippen molar-refractivity contribution >= 4 is 22.5 Å². The number of benzene rings is 1. The zero-order valence-corrected chi connectivity index (χ0v) is 11.4. The van der Waals surface area contributed by atoms with E-state index in [1.807, 2.05) is 30.3 Å². The Bertz CT molecular complexity index is 852. The predicted octanol–water partition coefficient (Wildman–Crippen LogP) is 2.52. The standard InChI is InChI=1S/C16H14N4O/c17-15-11-9-18-20(10-5-2-1-3-6-10)16(11)19-12-7-4-8-13(21)14(12)15/h1-3,5-6,9H,4,7-8H2,(H2,17,19). The van der Waals surface area contributed by atoms with Crippen LogP contribution in [0.1, 0.15) is 28.9 Å². The van der Waals surface area contributed by atoms with Gasteiger partial charge in [-0.25, -0.2) is 9.67 Å². The van der Waals surface area contributed by atoms with Gasteiger partial charge in [0.2, 0.25) is 0 Å². The summed E-state index contributed by atoms with van der Waals surface area (Å²) in [6.45, 7) is 0. The van der Waals surface area contributed by atoms with E-state index in [9.17, 15) is 4.79 Å². The fourth-order valence-electron chi connectivity index (χ4n) is 2.91. The van der Waals surface area contributed by atoms with Crippen molar-refractivity contribution in [2.45, 2.75) is 19.3 Å². The first-order valence-electron chi connectivity index (χ1n) is 7.00. The van der Waals surface area contributed by atoms with E-state index < -0.39 is 0 Å². The molecule has 0 unspecified atom stereocenters. The molecule has 2 heterocycles. The second-order valence-corrected chi connectivity index (χ2v) is 5.25. The molecule has 0 aliphatic heterocycles. The van der Waals surface area contributed by atoms with E-state index in [4.69, 9.17) is 5.73 Å². The summed E-state index contributed by atoms with van der Waals surface area (Å²) in [6.07, 6.45) is 3.87. The summed E-state index contributed by atoms with van der Waals surface area (Å²) in [4.78, 5) is 16.7. The van der Waals surface area contributed by atoms with E-state index in [0.29, 0.717) is 23.3 Å². The van der Waals surface area contributed by atoms with E-state index in [-0.39, 0.29) is 5.78 Å². The number of pyridine rings is 1. The highest BCUT2D eigenvalue weighted by atomic mass is 16.1. The Morgan fingerprint density at radius 3 is 2.76 bits per heavy atom. The normalized spacial score (nSPS) is 14.4. The molecule has 2 N–H and O–H groups in total. The second kappa shape index (κ2) is 4.41. The van der Waals surface area contributed by atoms with Gasteiger partial charge in [0, 0.05) is 6.42 Å². The van der Waals surface area contributed by atoms with Gasteiger partial charge in [-0.05, 0) is 25.0 Å². The molecule has 104 valence electrons. The Labute approximate surface area is 121 Å². The van der Waals surface area contributed by atoms with Crippen LogP contribution in [-0.4, -0.2) is 20.5 Å². The third-order valence-corrected chi connectivity index (χ3v) is 3.93. The molecule has 5 heteroatoms. The number of aromatic nitrogens is 3. The SMILES string of the molecule is Nc1c2c(nc3c1cnn3-c1ccccc1)CCCC2=O. The largest absolute Gasteiger partial charge is 0.397 e. The molecular weight excluding hydrogens is 264 g/mol. The number of aryl methyl sites for hydroxylation is 1. The molecule has 0 saturated heterocycles. The van der Waals surface area contributed by atoms with Crippen LogP contribution in [0.5, 0.6) is 0 Å². The summed E-state index contributed by atoms with van der Waals surface area (Å²) < 4.78 is 1.77. The summed E-state index contributed by atoms with van der Waals surface area (Å²) in [5.41, 5.74) is 9.77. The highest BCUT2D eigenvalue weighted by molar-refractivity contribution is 6.08. The molecular formula is C16H14N4O.